The Labute approximate surface area is 122 Å². The molecule has 0 spiro atoms. The van der Waals surface area contributed by atoms with Gasteiger partial charge in [0.25, 0.3) is 0 Å². The molecule has 0 amide bonds. The smallest absolute Gasteiger partial charge is 0.122 e. The lowest BCUT2D eigenvalue weighted by Crippen LogP contribution is -2.46. The van der Waals surface area contributed by atoms with E-state index < -0.39 is 0 Å². The first-order chi connectivity index (χ1) is 9.28. The van der Waals surface area contributed by atoms with Crippen molar-refractivity contribution in [1.29, 1.82) is 0 Å². The number of methoxy groups -OCH3 is 2. The highest BCUT2D eigenvalue weighted by molar-refractivity contribution is 5.42. The standard InChI is InChI=1S/C17H27NO2/c1-12-9-16(2,3)11-17(18,10-12)13-6-14(19-4)8-15(7-13)20-5/h6-8,12H,9-11,18H2,1-5H3. The lowest BCUT2D eigenvalue weighted by molar-refractivity contribution is 0.107. The Balaban J connectivity index is 2.42. The van der Waals surface area contributed by atoms with Gasteiger partial charge in [0.2, 0.25) is 0 Å². The van der Waals surface area contributed by atoms with Gasteiger partial charge in [-0.3, -0.25) is 0 Å². The van der Waals surface area contributed by atoms with Gasteiger partial charge >= 0.3 is 0 Å². The summed E-state index contributed by atoms with van der Waals surface area (Å²) in [7, 11) is 3.35. The summed E-state index contributed by atoms with van der Waals surface area (Å²) >= 11 is 0. The van der Waals surface area contributed by atoms with Crippen molar-refractivity contribution in [2.45, 2.75) is 45.6 Å². The van der Waals surface area contributed by atoms with Crippen molar-refractivity contribution in [3.05, 3.63) is 23.8 Å². The van der Waals surface area contributed by atoms with Gasteiger partial charge in [-0.05, 0) is 48.3 Å². The molecule has 1 aliphatic carbocycles. The maximum absolute atomic E-state index is 6.78. The second-order valence-corrected chi connectivity index (χ2v) is 7.11. The predicted molar refractivity (Wildman–Crippen MR) is 82.2 cm³/mol. The number of nitrogens with two attached hydrogens (primary N) is 1. The molecule has 2 unspecified atom stereocenters. The molecule has 0 saturated heterocycles. The van der Waals surface area contributed by atoms with Gasteiger partial charge in [-0.25, -0.2) is 0 Å². The van der Waals surface area contributed by atoms with Gasteiger partial charge in [0, 0.05) is 11.6 Å². The summed E-state index contributed by atoms with van der Waals surface area (Å²) in [4.78, 5) is 0. The first-order valence-electron chi connectivity index (χ1n) is 7.30. The second kappa shape index (κ2) is 5.28. The van der Waals surface area contributed by atoms with Crippen molar-refractivity contribution in [2.24, 2.45) is 17.1 Å². The summed E-state index contributed by atoms with van der Waals surface area (Å²) in [5.74, 6) is 2.24. The molecule has 0 aliphatic heterocycles. The Morgan fingerprint density at radius 3 is 2.05 bits per heavy atom. The SMILES string of the molecule is COc1cc(OC)cc(C2(N)CC(C)CC(C)(C)C2)c1. The fraction of sp³-hybridized carbons (Fsp3) is 0.647. The zero-order chi connectivity index (χ0) is 15.0. The van der Waals surface area contributed by atoms with Crippen molar-refractivity contribution in [1.82, 2.24) is 0 Å². The van der Waals surface area contributed by atoms with Gasteiger partial charge < -0.3 is 15.2 Å². The zero-order valence-electron chi connectivity index (χ0n) is 13.3. The monoisotopic (exact) mass is 277 g/mol. The molecule has 0 aromatic heterocycles. The Bertz CT molecular complexity index is 462. The minimum absolute atomic E-state index is 0.267. The molecule has 112 valence electrons. The van der Waals surface area contributed by atoms with E-state index in [2.05, 4.69) is 32.9 Å². The highest BCUT2D eigenvalue weighted by atomic mass is 16.5. The third-order valence-corrected chi connectivity index (χ3v) is 4.33. The molecule has 1 saturated carbocycles. The number of benzene rings is 1. The van der Waals surface area contributed by atoms with Crippen molar-refractivity contribution in [3.63, 3.8) is 0 Å². The van der Waals surface area contributed by atoms with Crippen LogP contribution in [0.4, 0.5) is 0 Å². The van der Waals surface area contributed by atoms with E-state index in [9.17, 15) is 0 Å². The minimum Gasteiger partial charge on any atom is -0.497 e. The van der Waals surface area contributed by atoms with Crippen molar-refractivity contribution in [2.75, 3.05) is 14.2 Å². The minimum atomic E-state index is -0.303. The van der Waals surface area contributed by atoms with Crippen LogP contribution in [0.15, 0.2) is 18.2 Å². The first-order valence-corrected chi connectivity index (χ1v) is 7.30. The van der Waals surface area contributed by atoms with Crippen LogP contribution < -0.4 is 15.2 Å². The average molecular weight is 277 g/mol. The lowest BCUT2D eigenvalue weighted by Gasteiger charge is -2.46. The van der Waals surface area contributed by atoms with E-state index in [1.165, 1.54) is 6.42 Å². The van der Waals surface area contributed by atoms with E-state index in [1.807, 2.05) is 6.07 Å². The Kier molecular flexibility index (Phi) is 4.01. The molecule has 2 N–H and O–H groups in total. The molecule has 1 aliphatic rings. The normalized spacial score (nSPS) is 29.0. The lowest BCUT2D eigenvalue weighted by atomic mass is 9.62. The summed E-state index contributed by atoms with van der Waals surface area (Å²) in [6, 6.07) is 6.00. The molecule has 1 aromatic carbocycles. The van der Waals surface area contributed by atoms with Crippen LogP contribution in [0.5, 0.6) is 11.5 Å². The third kappa shape index (κ3) is 3.09. The van der Waals surface area contributed by atoms with Crippen molar-refractivity contribution >= 4 is 0 Å². The highest BCUT2D eigenvalue weighted by Gasteiger charge is 2.41. The summed E-state index contributed by atoms with van der Waals surface area (Å²) in [6.45, 7) is 6.91. The van der Waals surface area contributed by atoms with E-state index in [-0.39, 0.29) is 11.0 Å². The molecule has 0 radical (unpaired) electrons. The molecular formula is C17H27NO2. The predicted octanol–water partition coefficient (Wildman–Crippen LogP) is 3.70. The Morgan fingerprint density at radius 2 is 1.60 bits per heavy atom. The second-order valence-electron chi connectivity index (χ2n) is 7.11. The van der Waals surface area contributed by atoms with E-state index in [0.717, 1.165) is 29.9 Å². The molecule has 1 fully saturated rings. The van der Waals surface area contributed by atoms with E-state index in [1.54, 1.807) is 14.2 Å². The third-order valence-electron chi connectivity index (χ3n) is 4.33. The summed E-state index contributed by atoms with van der Waals surface area (Å²) in [5, 5.41) is 0. The fourth-order valence-electron chi connectivity index (χ4n) is 3.95. The molecule has 2 rings (SSSR count). The maximum Gasteiger partial charge on any atom is 0.122 e. The largest absolute Gasteiger partial charge is 0.497 e. The van der Waals surface area contributed by atoms with Gasteiger partial charge in [0.1, 0.15) is 11.5 Å². The van der Waals surface area contributed by atoms with Crippen LogP contribution in [0.3, 0.4) is 0 Å². The van der Waals surface area contributed by atoms with Crippen LogP contribution >= 0.6 is 0 Å². The van der Waals surface area contributed by atoms with E-state index >= 15 is 0 Å². The molecule has 3 heteroatoms. The topological polar surface area (TPSA) is 44.5 Å². The molecule has 0 heterocycles. The van der Waals surface area contributed by atoms with Gasteiger partial charge in [0.05, 0.1) is 14.2 Å². The average Bonchev–Trinajstić information content (AvgIpc) is 2.35. The highest BCUT2D eigenvalue weighted by Crippen LogP contribution is 2.48. The number of ether oxygens (including phenoxy) is 2. The van der Waals surface area contributed by atoms with Crippen molar-refractivity contribution in [3.8, 4) is 11.5 Å². The molecular weight excluding hydrogens is 250 g/mol. The summed E-state index contributed by atoms with van der Waals surface area (Å²) in [5.41, 5.74) is 7.87. The van der Waals surface area contributed by atoms with Gasteiger partial charge in [-0.15, -0.1) is 0 Å². The Hall–Kier alpha value is -1.22. The van der Waals surface area contributed by atoms with Crippen LogP contribution in [0.25, 0.3) is 0 Å². The number of hydrogen-bond donors (Lipinski definition) is 1. The summed E-state index contributed by atoms with van der Waals surface area (Å²) in [6.07, 6.45) is 3.22. The van der Waals surface area contributed by atoms with Gasteiger partial charge in [-0.1, -0.05) is 20.8 Å². The van der Waals surface area contributed by atoms with Gasteiger partial charge in [-0.2, -0.15) is 0 Å². The fourth-order valence-corrected chi connectivity index (χ4v) is 3.95. The van der Waals surface area contributed by atoms with Gasteiger partial charge in [0.15, 0.2) is 0 Å². The number of rotatable bonds is 3. The van der Waals surface area contributed by atoms with Crippen LogP contribution in [-0.2, 0) is 5.54 Å². The Morgan fingerprint density at radius 1 is 1.05 bits per heavy atom. The molecule has 1 aromatic rings. The summed E-state index contributed by atoms with van der Waals surface area (Å²) < 4.78 is 10.8. The quantitative estimate of drug-likeness (QED) is 0.916. The van der Waals surface area contributed by atoms with E-state index in [4.69, 9.17) is 15.2 Å². The molecule has 3 nitrogen and oxygen atoms in total. The van der Waals surface area contributed by atoms with Crippen molar-refractivity contribution < 1.29 is 9.47 Å². The van der Waals surface area contributed by atoms with E-state index in [0.29, 0.717) is 5.92 Å². The van der Waals surface area contributed by atoms with Crippen LogP contribution in [0, 0.1) is 11.3 Å². The molecule has 2 atom stereocenters. The molecule has 20 heavy (non-hydrogen) atoms. The number of hydrogen-bond acceptors (Lipinski definition) is 3. The maximum atomic E-state index is 6.78. The first kappa shape index (κ1) is 15.2. The molecule has 0 bridgehead atoms. The van der Waals surface area contributed by atoms with Crippen LogP contribution in [0.1, 0.15) is 45.6 Å². The zero-order valence-corrected chi connectivity index (χ0v) is 13.3. The van der Waals surface area contributed by atoms with Crippen LogP contribution in [-0.4, -0.2) is 14.2 Å². The van der Waals surface area contributed by atoms with Crippen LogP contribution in [0.2, 0.25) is 0 Å².